The van der Waals surface area contributed by atoms with E-state index < -0.39 is 11.8 Å². The molecule has 8 nitrogen and oxygen atoms in total. The molecule has 4 rings (SSSR count). The Morgan fingerprint density at radius 2 is 1.61 bits per heavy atom. The molecule has 36 heavy (non-hydrogen) atoms. The first-order valence-electron chi connectivity index (χ1n) is 11.7. The van der Waals surface area contributed by atoms with E-state index >= 15 is 0 Å². The van der Waals surface area contributed by atoms with Crippen molar-refractivity contribution in [3.8, 4) is 11.5 Å². The van der Waals surface area contributed by atoms with E-state index in [1.807, 2.05) is 30.3 Å². The quantitative estimate of drug-likeness (QED) is 0.270. The van der Waals surface area contributed by atoms with Crippen molar-refractivity contribution in [2.24, 2.45) is 5.10 Å². The summed E-state index contributed by atoms with van der Waals surface area (Å²) in [6.45, 7) is 6.21. The topological polar surface area (TPSA) is 92.3 Å². The Hall–Kier alpha value is -4.59. The van der Waals surface area contributed by atoms with E-state index in [1.165, 1.54) is 0 Å². The van der Waals surface area contributed by atoms with Crippen molar-refractivity contribution < 1.29 is 19.1 Å². The van der Waals surface area contributed by atoms with Crippen LogP contribution in [0.4, 0.5) is 5.69 Å². The lowest BCUT2D eigenvalue weighted by Crippen LogP contribution is -2.32. The largest absolute Gasteiger partial charge is 0.454 e. The van der Waals surface area contributed by atoms with Crippen LogP contribution in [-0.2, 0) is 4.79 Å². The molecule has 0 aliphatic carbocycles. The first kappa shape index (κ1) is 24.5. The number of rotatable bonds is 9. The highest BCUT2D eigenvalue weighted by molar-refractivity contribution is 6.05. The standard InChI is InChI=1S/C28H28N4O4/c1-3-32(4-2)23-13-10-20(11-14-23)18-29-31-28(34)24(30-27(33)22-8-6-5-7-9-22)16-21-12-15-25-26(17-21)36-19-35-25/h5-18H,3-4,19H2,1-2H3,(H,30,33)(H,31,34). The van der Waals surface area contributed by atoms with Crippen LogP contribution in [0.3, 0.4) is 0 Å². The molecular formula is C28H28N4O4. The molecule has 0 aromatic heterocycles. The van der Waals surface area contributed by atoms with E-state index in [0.29, 0.717) is 22.6 Å². The fourth-order valence-corrected chi connectivity index (χ4v) is 3.70. The van der Waals surface area contributed by atoms with Crippen LogP contribution in [0.25, 0.3) is 6.08 Å². The number of carbonyl (C=O) groups excluding carboxylic acids is 2. The van der Waals surface area contributed by atoms with E-state index in [4.69, 9.17) is 9.47 Å². The number of nitrogens with zero attached hydrogens (tertiary/aromatic N) is 2. The Balaban J connectivity index is 1.50. The van der Waals surface area contributed by atoms with Gasteiger partial charge in [0, 0.05) is 24.3 Å². The molecule has 1 aliphatic heterocycles. The van der Waals surface area contributed by atoms with Gasteiger partial charge in [0.1, 0.15) is 5.70 Å². The van der Waals surface area contributed by atoms with E-state index in [1.54, 1.807) is 54.8 Å². The molecule has 3 aromatic carbocycles. The molecule has 0 unspecified atom stereocenters. The third kappa shape index (κ3) is 6.09. The lowest BCUT2D eigenvalue weighted by atomic mass is 10.1. The minimum absolute atomic E-state index is 0.0387. The summed E-state index contributed by atoms with van der Waals surface area (Å²) >= 11 is 0. The molecule has 1 aliphatic rings. The van der Waals surface area contributed by atoms with Gasteiger partial charge in [0.2, 0.25) is 6.79 Å². The number of fused-ring (bicyclic) bond motifs is 1. The first-order chi connectivity index (χ1) is 17.6. The molecule has 0 saturated carbocycles. The van der Waals surface area contributed by atoms with Crippen molar-refractivity contribution in [3.05, 3.63) is 95.2 Å². The first-order valence-corrected chi connectivity index (χ1v) is 11.7. The summed E-state index contributed by atoms with van der Waals surface area (Å²) in [6.07, 6.45) is 3.12. The number of hydrogen-bond donors (Lipinski definition) is 2. The molecule has 2 N–H and O–H groups in total. The smallest absolute Gasteiger partial charge is 0.287 e. The van der Waals surface area contributed by atoms with Crippen LogP contribution < -0.4 is 25.1 Å². The molecule has 8 heteroatoms. The zero-order valence-corrected chi connectivity index (χ0v) is 20.2. The van der Waals surface area contributed by atoms with Gasteiger partial charge in [-0.05, 0) is 67.4 Å². The zero-order valence-electron chi connectivity index (χ0n) is 20.2. The molecular weight excluding hydrogens is 456 g/mol. The second-order valence-electron chi connectivity index (χ2n) is 7.95. The minimum atomic E-state index is -0.562. The summed E-state index contributed by atoms with van der Waals surface area (Å²) in [6, 6.07) is 21.8. The molecule has 0 spiro atoms. The number of ether oxygens (including phenoxy) is 2. The lowest BCUT2D eigenvalue weighted by Gasteiger charge is -2.20. The summed E-state index contributed by atoms with van der Waals surface area (Å²) < 4.78 is 10.8. The van der Waals surface area contributed by atoms with Crippen molar-refractivity contribution >= 4 is 29.8 Å². The normalized spacial score (nSPS) is 12.4. The third-order valence-electron chi connectivity index (χ3n) is 5.64. The number of benzene rings is 3. The lowest BCUT2D eigenvalue weighted by molar-refractivity contribution is -0.117. The maximum atomic E-state index is 13.0. The monoisotopic (exact) mass is 484 g/mol. The number of nitrogens with one attached hydrogen (secondary N) is 2. The molecule has 0 fully saturated rings. The van der Waals surface area contributed by atoms with Gasteiger partial charge in [-0.1, -0.05) is 36.4 Å². The highest BCUT2D eigenvalue weighted by Gasteiger charge is 2.17. The van der Waals surface area contributed by atoms with Crippen LogP contribution in [0.5, 0.6) is 11.5 Å². The fraction of sp³-hybridized carbons (Fsp3) is 0.179. The summed E-state index contributed by atoms with van der Waals surface area (Å²) in [5.74, 6) is 0.230. The van der Waals surface area contributed by atoms with Gasteiger partial charge in [-0.25, -0.2) is 5.43 Å². The Bertz CT molecular complexity index is 1270. The average molecular weight is 485 g/mol. The number of amides is 2. The predicted molar refractivity (Wildman–Crippen MR) is 140 cm³/mol. The highest BCUT2D eigenvalue weighted by atomic mass is 16.7. The summed E-state index contributed by atoms with van der Waals surface area (Å²) in [7, 11) is 0. The van der Waals surface area contributed by atoms with Crippen LogP contribution in [-0.4, -0.2) is 37.9 Å². The maximum absolute atomic E-state index is 13.0. The number of hydrazone groups is 1. The van der Waals surface area contributed by atoms with Crippen molar-refractivity contribution in [3.63, 3.8) is 0 Å². The van der Waals surface area contributed by atoms with Crippen LogP contribution in [0.1, 0.15) is 35.3 Å². The van der Waals surface area contributed by atoms with Gasteiger partial charge in [0.15, 0.2) is 11.5 Å². The van der Waals surface area contributed by atoms with Crippen LogP contribution in [0.2, 0.25) is 0 Å². The summed E-state index contributed by atoms with van der Waals surface area (Å²) in [5, 5.41) is 6.77. The average Bonchev–Trinajstić information content (AvgIpc) is 3.38. The van der Waals surface area contributed by atoms with Gasteiger partial charge >= 0.3 is 0 Å². The molecule has 3 aromatic rings. The van der Waals surface area contributed by atoms with Crippen molar-refractivity contribution in [2.45, 2.75) is 13.8 Å². The second kappa shape index (κ2) is 11.7. The SMILES string of the molecule is CCN(CC)c1ccc(C=NNC(=O)C(=Cc2ccc3c(c2)OCO3)NC(=O)c2ccccc2)cc1. The number of hydrogen-bond acceptors (Lipinski definition) is 6. The Morgan fingerprint density at radius 1 is 0.917 bits per heavy atom. The number of anilines is 1. The van der Waals surface area contributed by atoms with Crippen LogP contribution in [0, 0.1) is 0 Å². The van der Waals surface area contributed by atoms with Gasteiger partial charge < -0.3 is 19.7 Å². The molecule has 0 atom stereocenters. The van der Waals surface area contributed by atoms with Crippen molar-refractivity contribution in [2.75, 3.05) is 24.8 Å². The van der Waals surface area contributed by atoms with Gasteiger partial charge in [0.05, 0.1) is 6.21 Å². The molecule has 2 amide bonds. The Morgan fingerprint density at radius 3 is 2.33 bits per heavy atom. The van der Waals surface area contributed by atoms with E-state index in [9.17, 15) is 9.59 Å². The molecule has 0 saturated heterocycles. The minimum Gasteiger partial charge on any atom is -0.454 e. The van der Waals surface area contributed by atoms with E-state index in [-0.39, 0.29) is 12.5 Å². The summed E-state index contributed by atoms with van der Waals surface area (Å²) in [4.78, 5) is 28.0. The zero-order chi connectivity index (χ0) is 25.3. The van der Waals surface area contributed by atoms with Gasteiger partial charge in [-0.3, -0.25) is 9.59 Å². The Kier molecular flexibility index (Phi) is 7.97. The molecule has 1 heterocycles. The fourth-order valence-electron chi connectivity index (χ4n) is 3.70. The number of carbonyl (C=O) groups is 2. The van der Waals surface area contributed by atoms with E-state index in [2.05, 4.69) is 34.6 Å². The highest BCUT2D eigenvalue weighted by Crippen LogP contribution is 2.33. The van der Waals surface area contributed by atoms with Gasteiger partial charge in [-0.2, -0.15) is 5.10 Å². The molecule has 0 radical (unpaired) electrons. The van der Waals surface area contributed by atoms with Gasteiger partial charge in [-0.15, -0.1) is 0 Å². The van der Waals surface area contributed by atoms with Crippen LogP contribution in [0.15, 0.2) is 83.6 Å². The van der Waals surface area contributed by atoms with Gasteiger partial charge in [0.25, 0.3) is 11.8 Å². The molecule has 0 bridgehead atoms. The van der Waals surface area contributed by atoms with Crippen molar-refractivity contribution in [1.82, 2.24) is 10.7 Å². The third-order valence-corrected chi connectivity index (χ3v) is 5.64. The van der Waals surface area contributed by atoms with E-state index in [0.717, 1.165) is 24.3 Å². The maximum Gasteiger partial charge on any atom is 0.287 e. The van der Waals surface area contributed by atoms with Crippen LogP contribution >= 0.6 is 0 Å². The summed E-state index contributed by atoms with van der Waals surface area (Å²) in [5.41, 5.74) is 5.59. The Labute approximate surface area is 210 Å². The predicted octanol–water partition coefficient (Wildman–Crippen LogP) is 4.18. The van der Waals surface area contributed by atoms with Crippen molar-refractivity contribution in [1.29, 1.82) is 0 Å². The molecule has 184 valence electrons. The second-order valence-corrected chi connectivity index (χ2v) is 7.95.